The van der Waals surface area contributed by atoms with Crippen molar-refractivity contribution in [2.45, 2.75) is 25.6 Å². The van der Waals surface area contributed by atoms with Crippen molar-refractivity contribution in [1.29, 1.82) is 0 Å². The van der Waals surface area contributed by atoms with Gasteiger partial charge in [0.15, 0.2) is 0 Å². The fourth-order valence-corrected chi connectivity index (χ4v) is 1.22. The van der Waals surface area contributed by atoms with Gasteiger partial charge in [0.25, 0.3) is 5.91 Å². The summed E-state index contributed by atoms with van der Waals surface area (Å²) in [5.74, 6) is -3.34. The summed E-state index contributed by atoms with van der Waals surface area (Å²) >= 11 is 0. The average molecular weight is 276 g/mol. The van der Waals surface area contributed by atoms with Gasteiger partial charge in [-0.25, -0.2) is 4.79 Å². The Kier molecular flexibility index (Phi) is 3.83. The Morgan fingerprint density at radius 1 is 1.32 bits per heavy atom. The molecule has 0 radical (unpaired) electrons. The number of hydrogen-bond acceptors (Lipinski definition) is 3. The van der Waals surface area contributed by atoms with Crippen LogP contribution in [0.2, 0.25) is 0 Å². The summed E-state index contributed by atoms with van der Waals surface area (Å²) in [6.45, 7) is 1.99. The average Bonchev–Trinajstić information content (AvgIpc) is 2.27. The normalized spacial score (nSPS) is 14.6. The highest BCUT2D eigenvalue weighted by molar-refractivity contribution is 5.97. The van der Waals surface area contributed by atoms with E-state index in [0.717, 1.165) is 6.20 Å². The molecule has 1 rings (SSSR count). The molecule has 0 aliphatic heterocycles. The van der Waals surface area contributed by atoms with Gasteiger partial charge in [0.05, 0.1) is 5.56 Å². The van der Waals surface area contributed by atoms with E-state index < -0.39 is 23.6 Å². The minimum absolute atomic E-state index is 0.142. The van der Waals surface area contributed by atoms with Crippen LogP contribution in [0.5, 0.6) is 0 Å². The van der Waals surface area contributed by atoms with Crippen LogP contribution in [0.1, 0.15) is 22.8 Å². The van der Waals surface area contributed by atoms with Crippen LogP contribution in [0.25, 0.3) is 0 Å². The molecule has 0 fully saturated rings. The minimum Gasteiger partial charge on any atom is -0.479 e. The number of nitrogens with one attached hydrogen (secondary N) is 1. The van der Waals surface area contributed by atoms with Crippen molar-refractivity contribution < 1.29 is 27.9 Å². The maximum absolute atomic E-state index is 12.7. The standard InChI is InChI=1S/C11H11F3N2O3/c1-6-3-7(5-15-4-6)8(17)16-10(2,9(18)19)11(12,13)14/h3-5H,1-2H3,(H,16,17)(H,18,19). The molecular weight excluding hydrogens is 265 g/mol. The van der Waals surface area contributed by atoms with E-state index in [1.807, 2.05) is 0 Å². The lowest BCUT2D eigenvalue weighted by molar-refractivity contribution is -0.203. The van der Waals surface area contributed by atoms with Gasteiger partial charge in [0.2, 0.25) is 5.54 Å². The van der Waals surface area contributed by atoms with Gasteiger partial charge in [-0.05, 0) is 25.5 Å². The van der Waals surface area contributed by atoms with E-state index in [1.54, 1.807) is 6.92 Å². The van der Waals surface area contributed by atoms with Crippen LogP contribution < -0.4 is 5.32 Å². The Morgan fingerprint density at radius 2 is 1.89 bits per heavy atom. The third kappa shape index (κ3) is 3.01. The van der Waals surface area contributed by atoms with Gasteiger partial charge in [-0.1, -0.05) is 0 Å². The minimum atomic E-state index is -5.12. The number of halogens is 3. The zero-order chi connectivity index (χ0) is 14.8. The number of rotatable bonds is 3. The maximum Gasteiger partial charge on any atom is 0.422 e. The largest absolute Gasteiger partial charge is 0.479 e. The highest BCUT2D eigenvalue weighted by atomic mass is 19.4. The topological polar surface area (TPSA) is 79.3 Å². The van der Waals surface area contributed by atoms with E-state index in [2.05, 4.69) is 4.98 Å². The van der Waals surface area contributed by atoms with Gasteiger partial charge >= 0.3 is 12.1 Å². The fourth-order valence-electron chi connectivity index (χ4n) is 1.22. The Hall–Kier alpha value is -2.12. The van der Waals surface area contributed by atoms with Crippen molar-refractivity contribution in [3.63, 3.8) is 0 Å². The third-order valence-electron chi connectivity index (χ3n) is 2.50. The molecule has 0 spiro atoms. The summed E-state index contributed by atoms with van der Waals surface area (Å²) in [6.07, 6.45) is -2.65. The molecule has 8 heteroatoms. The van der Waals surface area contributed by atoms with Crippen LogP contribution in [0.3, 0.4) is 0 Å². The molecule has 1 heterocycles. The molecule has 5 nitrogen and oxygen atoms in total. The number of pyridine rings is 1. The van der Waals surface area contributed by atoms with Crippen molar-refractivity contribution in [2.75, 3.05) is 0 Å². The molecular formula is C11H11F3N2O3. The van der Waals surface area contributed by atoms with Crippen molar-refractivity contribution in [3.05, 3.63) is 29.6 Å². The number of carbonyl (C=O) groups excluding carboxylic acids is 1. The van der Waals surface area contributed by atoms with Gasteiger partial charge in [0.1, 0.15) is 0 Å². The smallest absolute Gasteiger partial charge is 0.422 e. The number of carbonyl (C=O) groups is 2. The zero-order valence-electron chi connectivity index (χ0n) is 10.1. The second kappa shape index (κ2) is 4.87. The van der Waals surface area contributed by atoms with Gasteiger partial charge in [-0.2, -0.15) is 13.2 Å². The van der Waals surface area contributed by atoms with E-state index >= 15 is 0 Å². The predicted molar refractivity (Wildman–Crippen MR) is 58.5 cm³/mol. The van der Waals surface area contributed by atoms with Crippen molar-refractivity contribution in [1.82, 2.24) is 10.3 Å². The highest BCUT2D eigenvalue weighted by Crippen LogP contribution is 2.30. The number of nitrogens with zero attached hydrogens (tertiary/aromatic N) is 1. The number of aryl methyl sites for hydroxylation is 1. The maximum atomic E-state index is 12.7. The van der Waals surface area contributed by atoms with Crippen molar-refractivity contribution in [3.8, 4) is 0 Å². The molecule has 1 aromatic rings. The fraction of sp³-hybridized carbons (Fsp3) is 0.364. The van der Waals surface area contributed by atoms with Gasteiger partial charge in [-0.3, -0.25) is 9.78 Å². The first-order valence-electron chi connectivity index (χ1n) is 5.12. The molecule has 0 saturated heterocycles. The molecule has 2 N–H and O–H groups in total. The molecule has 0 aliphatic rings. The van der Waals surface area contributed by atoms with Crippen LogP contribution in [0, 0.1) is 6.92 Å². The van der Waals surface area contributed by atoms with E-state index in [4.69, 9.17) is 5.11 Å². The number of aromatic nitrogens is 1. The molecule has 0 aliphatic carbocycles. The summed E-state index contributed by atoms with van der Waals surface area (Å²) in [6, 6.07) is 1.31. The Balaban J connectivity index is 3.06. The van der Waals surface area contributed by atoms with E-state index in [1.165, 1.54) is 17.6 Å². The Morgan fingerprint density at radius 3 is 2.32 bits per heavy atom. The predicted octanol–water partition coefficient (Wildman–Crippen LogP) is 1.53. The van der Waals surface area contributed by atoms with Crippen LogP contribution in [0.15, 0.2) is 18.5 Å². The van der Waals surface area contributed by atoms with Crippen LogP contribution >= 0.6 is 0 Å². The molecule has 0 saturated carbocycles. The summed E-state index contributed by atoms with van der Waals surface area (Å²) in [5, 5.41) is 10.1. The van der Waals surface area contributed by atoms with Crippen LogP contribution in [-0.2, 0) is 4.79 Å². The molecule has 0 bridgehead atoms. The summed E-state index contributed by atoms with van der Waals surface area (Å²) in [5.41, 5.74) is -2.93. The van der Waals surface area contributed by atoms with E-state index in [0.29, 0.717) is 12.5 Å². The molecule has 19 heavy (non-hydrogen) atoms. The monoisotopic (exact) mass is 276 g/mol. The number of aliphatic carboxylic acids is 1. The summed E-state index contributed by atoms with van der Waals surface area (Å²) in [4.78, 5) is 26.1. The number of carboxylic acids is 1. The molecule has 1 atom stereocenters. The first-order valence-corrected chi connectivity index (χ1v) is 5.12. The number of hydrogen-bond donors (Lipinski definition) is 2. The molecule has 0 aromatic carbocycles. The van der Waals surface area contributed by atoms with Gasteiger partial charge in [0, 0.05) is 12.4 Å². The molecule has 1 unspecified atom stereocenters. The molecule has 1 aromatic heterocycles. The highest BCUT2D eigenvalue weighted by Gasteiger charge is 2.58. The number of alkyl halides is 3. The Labute approximate surface area is 106 Å². The number of carboxylic acid groups (broad SMARTS) is 1. The second-order valence-electron chi connectivity index (χ2n) is 4.13. The lowest BCUT2D eigenvalue weighted by atomic mass is 10.0. The van der Waals surface area contributed by atoms with Gasteiger partial charge < -0.3 is 10.4 Å². The van der Waals surface area contributed by atoms with Crippen LogP contribution in [0.4, 0.5) is 13.2 Å². The molecule has 1 amide bonds. The van der Waals surface area contributed by atoms with Crippen molar-refractivity contribution >= 4 is 11.9 Å². The summed E-state index contributed by atoms with van der Waals surface area (Å²) in [7, 11) is 0. The first-order chi connectivity index (χ1) is 8.58. The van der Waals surface area contributed by atoms with Crippen molar-refractivity contribution in [2.24, 2.45) is 0 Å². The lowest BCUT2D eigenvalue weighted by Gasteiger charge is -2.28. The zero-order valence-corrected chi connectivity index (χ0v) is 10.1. The third-order valence-corrected chi connectivity index (χ3v) is 2.50. The Bertz CT molecular complexity index is 516. The van der Waals surface area contributed by atoms with Gasteiger partial charge in [-0.15, -0.1) is 0 Å². The van der Waals surface area contributed by atoms with E-state index in [-0.39, 0.29) is 5.56 Å². The lowest BCUT2D eigenvalue weighted by Crippen LogP contribution is -2.61. The summed E-state index contributed by atoms with van der Waals surface area (Å²) < 4.78 is 38.1. The SMILES string of the molecule is Cc1cncc(C(=O)NC(C)(C(=O)O)C(F)(F)F)c1. The van der Waals surface area contributed by atoms with Crippen LogP contribution in [-0.4, -0.2) is 33.7 Å². The quantitative estimate of drug-likeness (QED) is 0.877. The van der Waals surface area contributed by atoms with E-state index in [9.17, 15) is 22.8 Å². The number of amides is 1. The first kappa shape index (κ1) is 14.9. The second-order valence-corrected chi connectivity index (χ2v) is 4.13. The molecule has 104 valence electrons.